The van der Waals surface area contributed by atoms with Gasteiger partial charge in [0.25, 0.3) is 11.4 Å². The summed E-state index contributed by atoms with van der Waals surface area (Å²) in [6.45, 7) is 1.35. The van der Waals surface area contributed by atoms with E-state index in [2.05, 4.69) is 25.8 Å². The van der Waals surface area contributed by atoms with Gasteiger partial charge < -0.3 is 30.3 Å². The van der Waals surface area contributed by atoms with Crippen molar-refractivity contribution >= 4 is 88.2 Å². The summed E-state index contributed by atoms with van der Waals surface area (Å²) in [5.74, 6) is -1.65. The van der Waals surface area contributed by atoms with Crippen molar-refractivity contribution in [1.29, 1.82) is 0 Å². The van der Waals surface area contributed by atoms with E-state index in [0.29, 0.717) is 27.9 Å². The molecule has 7 aromatic rings. The van der Waals surface area contributed by atoms with Crippen LogP contribution in [-0.2, 0) is 32.3 Å². The van der Waals surface area contributed by atoms with Crippen molar-refractivity contribution in [3.8, 4) is 23.0 Å². The van der Waals surface area contributed by atoms with Crippen molar-refractivity contribution in [1.82, 2.24) is 0 Å². The zero-order chi connectivity index (χ0) is 41.9. The first-order valence-corrected chi connectivity index (χ1v) is 17.9. The maximum atomic E-state index is 11.6. The summed E-state index contributed by atoms with van der Waals surface area (Å²) < 4.78 is 34.9. The van der Waals surface area contributed by atoms with Crippen molar-refractivity contribution in [2.45, 2.75) is 11.8 Å². The summed E-state index contributed by atoms with van der Waals surface area (Å²) >= 11 is 0. The Bertz CT molecular complexity index is 3030. The van der Waals surface area contributed by atoms with Gasteiger partial charge in [-0.1, -0.05) is 48.5 Å². The number of nitro groups is 2. The standard InChI is InChI=1S/C20H13N3O7S.C18H14N4O5.Cr.2Na/c24-16-8-5-11-3-1-2-4-13(11)19(16)21-22-20-14-7-6-12(23(26)27)9-15(14)18(10-17(20)25)31(28,29)30;1-10(23)19-13-4-2-3-11-5-7-16(25)18(17(11)13)21-20-14-9-12(22(26)27)6-8-15(14)24;;;/h1-10,24-25H,(H,28,29,30);2-9,24-25H,1H3,(H,19,23);;;/q;;+3;2*+1/p-1. The Kier molecular flexibility index (Phi) is 17.0. The van der Waals surface area contributed by atoms with Crippen molar-refractivity contribution in [3.63, 3.8) is 0 Å². The van der Waals surface area contributed by atoms with Gasteiger partial charge in [0.15, 0.2) is 0 Å². The zero-order valence-electron chi connectivity index (χ0n) is 31.9. The van der Waals surface area contributed by atoms with E-state index in [4.69, 9.17) is 0 Å². The molecule has 23 heteroatoms. The third-order valence-corrected chi connectivity index (χ3v) is 9.26. The van der Waals surface area contributed by atoms with Crippen molar-refractivity contribution in [2.24, 2.45) is 20.5 Å². The average molecular weight is 903 g/mol. The summed E-state index contributed by atoms with van der Waals surface area (Å²) in [6.07, 6.45) is 0. The molecular weight excluding hydrogens is 876 g/mol. The van der Waals surface area contributed by atoms with Gasteiger partial charge >= 0.3 is 76.5 Å². The Labute approximate surface area is 399 Å². The number of nitro benzene ring substituents is 2. The fourth-order valence-corrected chi connectivity index (χ4v) is 6.47. The van der Waals surface area contributed by atoms with Gasteiger partial charge in [-0.25, -0.2) is 8.42 Å². The van der Waals surface area contributed by atoms with Crippen LogP contribution in [0.5, 0.6) is 23.0 Å². The van der Waals surface area contributed by atoms with Crippen molar-refractivity contribution in [3.05, 3.63) is 129 Å². The Balaban J connectivity index is 0.000000313. The van der Waals surface area contributed by atoms with Crippen LogP contribution >= 0.6 is 0 Å². The predicted octanol–water partition coefficient (Wildman–Crippen LogP) is 3.17. The second kappa shape index (κ2) is 20.8. The van der Waals surface area contributed by atoms with Gasteiger partial charge in [-0.2, -0.15) is 0 Å². The molecule has 5 N–H and O–H groups in total. The number of hydrogen-bond donors (Lipinski definition) is 5. The molecule has 19 nitrogen and oxygen atoms in total. The van der Waals surface area contributed by atoms with Gasteiger partial charge in [0.1, 0.15) is 55.9 Å². The first-order valence-electron chi connectivity index (χ1n) is 16.5. The number of azo groups is 2. The molecule has 61 heavy (non-hydrogen) atoms. The molecule has 1 radical (unpaired) electrons. The number of fused-ring (bicyclic) bond motifs is 3. The van der Waals surface area contributed by atoms with E-state index in [1.165, 1.54) is 25.1 Å². The van der Waals surface area contributed by atoms with Crippen LogP contribution in [-0.4, -0.2) is 49.2 Å². The molecule has 0 spiro atoms. The van der Waals surface area contributed by atoms with Crippen LogP contribution in [0.3, 0.4) is 0 Å². The molecule has 0 saturated carbocycles. The van der Waals surface area contributed by atoms with Gasteiger partial charge in [-0.3, -0.25) is 25.0 Å². The molecule has 295 valence electrons. The topological polar surface area (TPSA) is 303 Å². The smallest absolute Gasteiger partial charge is 0.744 e. The second-order valence-corrected chi connectivity index (χ2v) is 13.5. The van der Waals surface area contributed by atoms with Gasteiger partial charge in [0.2, 0.25) is 5.91 Å². The van der Waals surface area contributed by atoms with Crippen LogP contribution in [0.15, 0.2) is 135 Å². The molecule has 0 fully saturated rings. The molecule has 0 unspecified atom stereocenters. The number of phenolic OH excluding ortho intramolecular Hbond substituents is 4. The number of aromatic hydroxyl groups is 4. The minimum absolute atomic E-state index is 0. The summed E-state index contributed by atoms with van der Waals surface area (Å²) in [6, 6.07) is 25.5. The first kappa shape index (κ1) is 49.8. The van der Waals surface area contributed by atoms with Crippen LogP contribution in [0.25, 0.3) is 32.3 Å². The van der Waals surface area contributed by atoms with Gasteiger partial charge in [-0.05, 0) is 41.1 Å². The maximum Gasteiger partial charge on any atom is 3.00 e. The first-order chi connectivity index (χ1) is 27.5. The molecule has 1 amide bonds. The molecule has 0 bridgehead atoms. The maximum absolute atomic E-state index is 11.6. The SMILES string of the molecule is CC(=O)Nc1cccc2ccc(O)c(N=Nc3cc([N+](=O)[O-])ccc3O)c12.O=[N+]([O-])c1ccc2c(N=Nc3c(O)ccc4ccccc34)c(O)cc(S(=O)(=O)[O-])c2c1.[Cr+3].[Na+].[Na+]. The van der Waals surface area contributed by atoms with E-state index in [-0.39, 0.29) is 139 Å². The summed E-state index contributed by atoms with van der Waals surface area (Å²) in [5.41, 5.74) is -0.466. The Hall–Kier alpha value is -5.57. The zero-order valence-corrected chi connectivity index (χ0v) is 38.0. The van der Waals surface area contributed by atoms with E-state index >= 15 is 0 Å². The largest absolute Gasteiger partial charge is 3.00 e. The van der Waals surface area contributed by atoms with Crippen LogP contribution in [0, 0.1) is 20.2 Å². The molecule has 7 rings (SSSR count). The average Bonchev–Trinajstić information content (AvgIpc) is 3.17. The fourth-order valence-electron chi connectivity index (χ4n) is 5.78. The summed E-state index contributed by atoms with van der Waals surface area (Å²) in [7, 11) is -5.06. The predicted molar refractivity (Wildman–Crippen MR) is 209 cm³/mol. The van der Waals surface area contributed by atoms with E-state index < -0.39 is 36.3 Å². The molecule has 0 aliphatic carbocycles. The number of non-ortho nitro benzene ring substituents is 2. The number of anilines is 1. The number of carbonyl (C=O) groups excluding carboxylic acids is 1. The number of phenols is 4. The number of benzene rings is 7. The molecule has 0 saturated heterocycles. The monoisotopic (exact) mass is 902 g/mol. The molecule has 0 atom stereocenters. The molecule has 0 aromatic heterocycles. The molecule has 0 heterocycles. The Morgan fingerprint density at radius 3 is 1.79 bits per heavy atom. The van der Waals surface area contributed by atoms with Crippen LogP contribution in [0.2, 0.25) is 0 Å². The van der Waals surface area contributed by atoms with E-state index in [1.807, 2.05) is 0 Å². The van der Waals surface area contributed by atoms with Crippen LogP contribution in [0.4, 0.5) is 39.8 Å². The number of carbonyl (C=O) groups is 1. The van der Waals surface area contributed by atoms with Gasteiger partial charge in [0.05, 0.1) is 20.4 Å². The van der Waals surface area contributed by atoms with Crippen molar-refractivity contribution < 1.29 is 125 Å². The minimum atomic E-state index is -5.06. The normalized spacial score (nSPS) is 11.0. The number of rotatable bonds is 8. The van der Waals surface area contributed by atoms with Gasteiger partial charge in [-0.15, -0.1) is 20.5 Å². The third kappa shape index (κ3) is 11.2. The number of hydrogen-bond acceptors (Lipinski definition) is 16. The van der Waals surface area contributed by atoms with Gasteiger partial charge in [0, 0.05) is 58.8 Å². The molecular formula is C38H26CrN7Na2O12S+4. The van der Waals surface area contributed by atoms with Crippen molar-refractivity contribution in [2.75, 3.05) is 5.32 Å². The summed E-state index contributed by atoms with van der Waals surface area (Å²) in [5, 5.41) is 83.2. The third-order valence-electron chi connectivity index (χ3n) is 8.38. The number of nitrogens with zero attached hydrogens (tertiary/aromatic N) is 6. The minimum Gasteiger partial charge on any atom is -0.744 e. The summed E-state index contributed by atoms with van der Waals surface area (Å²) in [4.78, 5) is 31.2. The van der Waals surface area contributed by atoms with E-state index in [1.54, 1.807) is 54.6 Å². The molecule has 7 aromatic carbocycles. The fraction of sp³-hybridized carbons (Fsp3) is 0.0263. The Morgan fingerprint density at radius 1 is 0.607 bits per heavy atom. The number of amides is 1. The van der Waals surface area contributed by atoms with Crippen LogP contribution < -0.4 is 64.4 Å². The Morgan fingerprint density at radius 2 is 1.15 bits per heavy atom. The van der Waals surface area contributed by atoms with E-state index in [9.17, 15) is 58.4 Å². The van der Waals surface area contributed by atoms with E-state index in [0.717, 1.165) is 35.7 Å². The second-order valence-electron chi connectivity index (χ2n) is 12.2. The molecule has 0 aliphatic heterocycles. The number of nitrogens with one attached hydrogen (secondary N) is 1. The van der Waals surface area contributed by atoms with Crippen LogP contribution in [0.1, 0.15) is 6.92 Å². The quantitative estimate of drug-likeness (QED) is 0.0483. The molecule has 0 aliphatic rings.